The maximum Gasteiger partial charge on any atom is 0.265 e. The molecule has 1 fully saturated rings. The van der Waals surface area contributed by atoms with E-state index in [-0.39, 0.29) is 11.8 Å². The van der Waals surface area contributed by atoms with Crippen LogP contribution in [0.25, 0.3) is 0 Å². The van der Waals surface area contributed by atoms with E-state index in [1.807, 2.05) is 51.7 Å². The monoisotopic (exact) mass is 436 g/mol. The van der Waals surface area contributed by atoms with Gasteiger partial charge >= 0.3 is 0 Å². The summed E-state index contributed by atoms with van der Waals surface area (Å²) >= 11 is 1.48. The van der Waals surface area contributed by atoms with Crippen molar-refractivity contribution < 1.29 is 4.79 Å². The lowest BCUT2D eigenvalue weighted by molar-refractivity contribution is 0.0710. The summed E-state index contributed by atoms with van der Waals surface area (Å²) in [6.45, 7) is 11.2. The van der Waals surface area contributed by atoms with Gasteiger partial charge in [0, 0.05) is 47.5 Å². The SMILES string of the molecule is Cc1cc(Nc2nc(C)cc(C)n2)cc(C2CCCN(C(=O)c3sc(C)nc3C)C2)n1. The van der Waals surface area contributed by atoms with Crippen molar-refractivity contribution in [1.29, 1.82) is 0 Å². The number of carbonyl (C=O) groups excluding carboxylic acids is 1. The van der Waals surface area contributed by atoms with Gasteiger partial charge in [-0.15, -0.1) is 11.3 Å². The number of hydrogen-bond acceptors (Lipinski definition) is 7. The van der Waals surface area contributed by atoms with Crippen LogP contribution in [-0.4, -0.2) is 43.8 Å². The summed E-state index contributed by atoms with van der Waals surface area (Å²) in [6.07, 6.45) is 1.98. The van der Waals surface area contributed by atoms with Gasteiger partial charge in [-0.1, -0.05) is 0 Å². The number of aryl methyl sites for hydroxylation is 5. The first kappa shape index (κ1) is 21.4. The second kappa shape index (κ2) is 8.70. The zero-order valence-corrected chi connectivity index (χ0v) is 19.5. The molecule has 3 aromatic rings. The molecule has 31 heavy (non-hydrogen) atoms. The van der Waals surface area contributed by atoms with Crippen LogP contribution in [0.3, 0.4) is 0 Å². The fraction of sp³-hybridized carbons (Fsp3) is 0.435. The van der Waals surface area contributed by atoms with E-state index in [0.717, 1.165) is 63.4 Å². The Morgan fingerprint density at radius 3 is 2.39 bits per heavy atom. The van der Waals surface area contributed by atoms with Crippen molar-refractivity contribution in [2.75, 3.05) is 18.4 Å². The first-order valence-corrected chi connectivity index (χ1v) is 11.4. The van der Waals surface area contributed by atoms with E-state index in [0.29, 0.717) is 12.5 Å². The first-order chi connectivity index (χ1) is 14.8. The molecule has 1 amide bonds. The van der Waals surface area contributed by atoms with E-state index < -0.39 is 0 Å². The van der Waals surface area contributed by atoms with E-state index in [1.54, 1.807) is 0 Å². The van der Waals surface area contributed by atoms with Gasteiger partial charge in [0.2, 0.25) is 5.95 Å². The van der Waals surface area contributed by atoms with Crippen LogP contribution in [0.2, 0.25) is 0 Å². The Kier molecular flexibility index (Phi) is 6.00. The van der Waals surface area contributed by atoms with E-state index in [2.05, 4.69) is 26.3 Å². The fourth-order valence-corrected chi connectivity index (χ4v) is 5.05. The highest BCUT2D eigenvalue weighted by Crippen LogP contribution is 2.30. The summed E-state index contributed by atoms with van der Waals surface area (Å²) < 4.78 is 0. The van der Waals surface area contributed by atoms with E-state index in [9.17, 15) is 4.79 Å². The van der Waals surface area contributed by atoms with Gasteiger partial charge in [0.15, 0.2) is 0 Å². The number of carbonyl (C=O) groups is 1. The van der Waals surface area contributed by atoms with Crippen molar-refractivity contribution in [2.24, 2.45) is 0 Å². The summed E-state index contributed by atoms with van der Waals surface area (Å²) in [5, 5.41) is 4.26. The van der Waals surface area contributed by atoms with Gasteiger partial charge in [-0.05, 0) is 65.7 Å². The normalized spacial score (nSPS) is 16.4. The summed E-state index contributed by atoms with van der Waals surface area (Å²) in [5.41, 5.74) is 5.53. The van der Waals surface area contributed by atoms with Gasteiger partial charge in [0.05, 0.1) is 10.7 Å². The third kappa shape index (κ3) is 4.90. The molecule has 7 nitrogen and oxygen atoms in total. The average molecular weight is 437 g/mol. The number of thiazole rings is 1. The van der Waals surface area contributed by atoms with Crippen molar-refractivity contribution in [3.63, 3.8) is 0 Å². The average Bonchev–Trinajstić information content (AvgIpc) is 3.04. The molecular formula is C23H28N6OS. The second-order valence-electron chi connectivity index (χ2n) is 8.26. The zero-order chi connectivity index (χ0) is 22.1. The maximum absolute atomic E-state index is 13.1. The summed E-state index contributed by atoms with van der Waals surface area (Å²) in [6, 6.07) is 6.02. The van der Waals surface area contributed by atoms with E-state index in [4.69, 9.17) is 4.98 Å². The molecule has 1 aliphatic rings. The highest BCUT2D eigenvalue weighted by molar-refractivity contribution is 7.13. The van der Waals surface area contributed by atoms with Crippen molar-refractivity contribution in [2.45, 2.75) is 53.4 Å². The number of hydrogen-bond donors (Lipinski definition) is 1. The van der Waals surface area contributed by atoms with Crippen LogP contribution in [0, 0.1) is 34.6 Å². The van der Waals surface area contributed by atoms with Crippen molar-refractivity contribution in [1.82, 2.24) is 24.8 Å². The Morgan fingerprint density at radius 2 is 1.71 bits per heavy atom. The molecule has 1 unspecified atom stereocenters. The molecule has 1 atom stereocenters. The molecule has 0 saturated carbocycles. The maximum atomic E-state index is 13.1. The molecule has 1 saturated heterocycles. The largest absolute Gasteiger partial charge is 0.337 e. The van der Waals surface area contributed by atoms with Gasteiger partial charge in [0.25, 0.3) is 5.91 Å². The number of rotatable bonds is 4. The first-order valence-electron chi connectivity index (χ1n) is 10.6. The van der Waals surface area contributed by atoms with Crippen LogP contribution in [0.1, 0.15) is 61.9 Å². The molecule has 8 heteroatoms. The van der Waals surface area contributed by atoms with Gasteiger partial charge in [0.1, 0.15) is 4.88 Å². The highest BCUT2D eigenvalue weighted by Gasteiger charge is 2.28. The molecule has 1 aliphatic heterocycles. The predicted molar refractivity (Wildman–Crippen MR) is 123 cm³/mol. The minimum Gasteiger partial charge on any atom is -0.337 e. The fourth-order valence-electron chi connectivity index (χ4n) is 4.16. The molecule has 4 rings (SSSR count). The van der Waals surface area contributed by atoms with Crippen LogP contribution in [0.15, 0.2) is 18.2 Å². The standard InChI is InChI=1S/C23H28N6OS/c1-13-9-14(2)26-23(25-13)28-19-10-15(3)24-20(11-19)18-7-6-8-29(12-18)22(30)21-16(4)27-17(5)31-21/h9-11,18H,6-8,12H2,1-5H3,(H,24,25,26,28). The molecule has 0 radical (unpaired) electrons. The summed E-state index contributed by atoms with van der Waals surface area (Å²) in [7, 11) is 0. The number of nitrogens with zero attached hydrogens (tertiary/aromatic N) is 5. The molecule has 162 valence electrons. The van der Waals surface area contributed by atoms with E-state index in [1.165, 1.54) is 11.3 Å². The number of likely N-dealkylation sites (tertiary alicyclic amines) is 1. The lowest BCUT2D eigenvalue weighted by atomic mass is 9.93. The zero-order valence-electron chi connectivity index (χ0n) is 18.7. The molecule has 4 heterocycles. The topological polar surface area (TPSA) is 83.9 Å². The summed E-state index contributed by atoms with van der Waals surface area (Å²) in [4.78, 5) is 34.0. The lowest BCUT2D eigenvalue weighted by Crippen LogP contribution is -2.39. The molecular weight excluding hydrogens is 408 g/mol. The number of piperidine rings is 1. The quantitative estimate of drug-likeness (QED) is 0.642. The predicted octanol–water partition coefficient (Wildman–Crippen LogP) is 4.63. The van der Waals surface area contributed by atoms with Gasteiger partial charge < -0.3 is 10.2 Å². The van der Waals surface area contributed by atoms with Crippen LogP contribution in [-0.2, 0) is 0 Å². The molecule has 0 spiro atoms. The number of aromatic nitrogens is 4. The molecule has 3 aromatic heterocycles. The van der Waals surface area contributed by atoms with Crippen LogP contribution < -0.4 is 5.32 Å². The van der Waals surface area contributed by atoms with Crippen LogP contribution in [0.4, 0.5) is 11.6 Å². The second-order valence-corrected chi connectivity index (χ2v) is 9.46. The minimum atomic E-state index is 0.0856. The van der Waals surface area contributed by atoms with Crippen molar-refractivity contribution in [3.05, 3.63) is 56.6 Å². The Hall–Kier alpha value is -2.87. The van der Waals surface area contributed by atoms with Gasteiger partial charge in [-0.2, -0.15) is 0 Å². The Balaban J connectivity index is 1.54. The highest BCUT2D eigenvalue weighted by atomic mass is 32.1. The Bertz CT molecular complexity index is 1100. The van der Waals surface area contributed by atoms with Crippen LogP contribution in [0.5, 0.6) is 0 Å². The molecule has 0 aliphatic carbocycles. The van der Waals surface area contributed by atoms with Gasteiger partial charge in [-0.3, -0.25) is 9.78 Å². The van der Waals surface area contributed by atoms with Crippen molar-refractivity contribution >= 4 is 28.9 Å². The summed E-state index contributed by atoms with van der Waals surface area (Å²) in [5.74, 6) is 0.876. The third-order valence-corrected chi connectivity index (χ3v) is 6.50. The molecule has 0 bridgehead atoms. The van der Waals surface area contributed by atoms with Crippen molar-refractivity contribution in [3.8, 4) is 0 Å². The number of pyridine rings is 1. The Labute approximate surface area is 187 Å². The molecule has 0 aromatic carbocycles. The number of anilines is 2. The van der Waals surface area contributed by atoms with Gasteiger partial charge in [-0.25, -0.2) is 15.0 Å². The number of amides is 1. The minimum absolute atomic E-state index is 0.0856. The Morgan fingerprint density at radius 1 is 1.00 bits per heavy atom. The van der Waals surface area contributed by atoms with Crippen LogP contribution >= 0.6 is 11.3 Å². The number of nitrogens with one attached hydrogen (secondary N) is 1. The van der Waals surface area contributed by atoms with E-state index >= 15 is 0 Å². The smallest absolute Gasteiger partial charge is 0.265 e. The molecule has 1 N–H and O–H groups in total. The third-order valence-electron chi connectivity index (χ3n) is 5.44. The lowest BCUT2D eigenvalue weighted by Gasteiger charge is -2.32.